The normalized spacial score (nSPS) is 23.0. The molecule has 0 aromatic heterocycles. The van der Waals surface area contributed by atoms with Crippen LogP contribution in [0.2, 0.25) is 0 Å². The molecule has 2 aliphatic heterocycles. The molecule has 1 fully saturated rings. The van der Waals surface area contributed by atoms with Crippen molar-refractivity contribution in [2.75, 3.05) is 32.1 Å². The van der Waals surface area contributed by atoms with E-state index in [0.29, 0.717) is 12.0 Å². The van der Waals surface area contributed by atoms with Crippen molar-refractivity contribution in [2.24, 2.45) is 0 Å². The number of likely N-dealkylation sites (tertiary alicyclic amines) is 1. The van der Waals surface area contributed by atoms with Gasteiger partial charge in [-0.25, -0.2) is 0 Å². The fraction of sp³-hybridized carbons (Fsp3) is 0.400. The van der Waals surface area contributed by atoms with E-state index in [2.05, 4.69) is 42.1 Å². The molecular formula is C20H21F3N2S. The third-order valence-corrected chi connectivity index (χ3v) is 6.53. The minimum atomic E-state index is -4.29. The SMILES string of the molecule is CN1CC[C@@H]2[C@@H](C1)c1cccc(Sc3ccc(C(F)(F)F)cc3)c1N2C. The van der Waals surface area contributed by atoms with Gasteiger partial charge in [0.05, 0.1) is 11.3 Å². The minimum absolute atomic E-state index is 0.502. The standard InChI is InChI=1S/C20H21F3N2S/c1-24-11-10-17-16(12-24)15-4-3-5-18(19(15)25(17)2)26-14-8-6-13(7-9-14)20(21,22)23/h3-9,16-17H,10-12H2,1-2H3/t16-,17+/m0/s1. The van der Waals surface area contributed by atoms with Gasteiger partial charge in [0, 0.05) is 35.3 Å². The Labute approximate surface area is 156 Å². The van der Waals surface area contributed by atoms with Crippen LogP contribution in [-0.4, -0.2) is 38.1 Å². The van der Waals surface area contributed by atoms with Crippen LogP contribution in [-0.2, 0) is 6.18 Å². The van der Waals surface area contributed by atoms with Crippen molar-refractivity contribution in [3.63, 3.8) is 0 Å². The number of rotatable bonds is 2. The van der Waals surface area contributed by atoms with Crippen LogP contribution in [0.4, 0.5) is 18.9 Å². The Bertz CT molecular complexity index is 804. The van der Waals surface area contributed by atoms with Crippen molar-refractivity contribution < 1.29 is 13.2 Å². The molecule has 0 spiro atoms. The van der Waals surface area contributed by atoms with Crippen LogP contribution in [0.25, 0.3) is 0 Å². The van der Waals surface area contributed by atoms with E-state index in [9.17, 15) is 13.2 Å². The van der Waals surface area contributed by atoms with Gasteiger partial charge in [-0.05, 0) is 55.9 Å². The average Bonchev–Trinajstić information content (AvgIpc) is 2.88. The summed E-state index contributed by atoms with van der Waals surface area (Å²) < 4.78 is 38.3. The first-order chi connectivity index (χ1) is 12.3. The van der Waals surface area contributed by atoms with Crippen molar-refractivity contribution in [1.82, 2.24) is 4.90 Å². The molecule has 2 aromatic rings. The average molecular weight is 378 g/mol. The van der Waals surface area contributed by atoms with E-state index in [1.807, 2.05) is 0 Å². The van der Waals surface area contributed by atoms with Crippen molar-refractivity contribution >= 4 is 17.4 Å². The summed E-state index contributed by atoms with van der Waals surface area (Å²) in [6, 6.07) is 12.3. The summed E-state index contributed by atoms with van der Waals surface area (Å²) in [5.41, 5.74) is 2.00. The number of likely N-dealkylation sites (N-methyl/N-ethyl adjacent to an activating group) is 2. The number of anilines is 1. The topological polar surface area (TPSA) is 6.48 Å². The lowest BCUT2D eigenvalue weighted by molar-refractivity contribution is -0.137. The molecular weight excluding hydrogens is 357 g/mol. The lowest BCUT2D eigenvalue weighted by Crippen LogP contribution is -2.43. The maximum atomic E-state index is 12.8. The Morgan fingerprint density at radius 3 is 2.46 bits per heavy atom. The summed E-state index contributed by atoms with van der Waals surface area (Å²) in [4.78, 5) is 6.69. The number of nitrogens with zero attached hydrogens (tertiary/aromatic N) is 2. The van der Waals surface area contributed by atoms with Crippen molar-refractivity contribution in [3.8, 4) is 0 Å². The quantitative estimate of drug-likeness (QED) is 0.718. The van der Waals surface area contributed by atoms with Crippen molar-refractivity contribution in [1.29, 1.82) is 0 Å². The van der Waals surface area contributed by atoms with Gasteiger partial charge in [0.25, 0.3) is 0 Å². The second-order valence-electron chi connectivity index (χ2n) is 7.15. The number of piperidine rings is 1. The molecule has 0 saturated carbocycles. The molecule has 0 aliphatic carbocycles. The van der Waals surface area contributed by atoms with Crippen LogP contribution >= 0.6 is 11.8 Å². The molecule has 0 amide bonds. The highest BCUT2D eigenvalue weighted by Gasteiger charge is 2.40. The Morgan fingerprint density at radius 1 is 1.04 bits per heavy atom. The first kappa shape index (κ1) is 17.7. The molecule has 0 N–H and O–H groups in total. The maximum Gasteiger partial charge on any atom is 0.416 e. The molecule has 2 aliphatic rings. The molecule has 6 heteroatoms. The summed E-state index contributed by atoms with van der Waals surface area (Å²) in [5, 5.41) is 0. The zero-order valence-electron chi connectivity index (χ0n) is 14.8. The van der Waals surface area contributed by atoms with E-state index in [0.717, 1.165) is 41.4 Å². The van der Waals surface area contributed by atoms with Gasteiger partial charge < -0.3 is 9.80 Å². The van der Waals surface area contributed by atoms with E-state index >= 15 is 0 Å². The third kappa shape index (κ3) is 3.09. The number of benzene rings is 2. The van der Waals surface area contributed by atoms with Crippen LogP contribution in [0, 0.1) is 0 Å². The summed E-state index contributed by atoms with van der Waals surface area (Å²) in [5.74, 6) is 0.502. The first-order valence-corrected chi connectivity index (χ1v) is 9.55. The van der Waals surface area contributed by atoms with Crippen LogP contribution < -0.4 is 4.90 Å². The lowest BCUT2D eigenvalue weighted by atomic mass is 9.89. The van der Waals surface area contributed by atoms with E-state index < -0.39 is 11.7 Å². The maximum absolute atomic E-state index is 12.8. The summed E-state index contributed by atoms with van der Waals surface area (Å²) in [7, 11) is 4.31. The van der Waals surface area contributed by atoms with Gasteiger partial charge in [0.15, 0.2) is 0 Å². The third-order valence-electron chi connectivity index (χ3n) is 5.47. The van der Waals surface area contributed by atoms with Gasteiger partial charge in [-0.3, -0.25) is 0 Å². The molecule has 138 valence electrons. The highest BCUT2D eigenvalue weighted by Crippen LogP contribution is 2.49. The summed E-state index contributed by atoms with van der Waals surface area (Å²) >= 11 is 1.54. The highest BCUT2D eigenvalue weighted by atomic mass is 32.2. The number of para-hydroxylation sites is 1. The summed E-state index contributed by atoms with van der Waals surface area (Å²) in [6.07, 6.45) is -3.16. The predicted molar refractivity (Wildman–Crippen MR) is 99.1 cm³/mol. The molecule has 2 nitrogen and oxygen atoms in total. The number of fused-ring (bicyclic) bond motifs is 3. The minimum Gasteiger partial charge on any atom is -0.370 e. The predicted octanol–water partition coefficient (Wildman–Crippen LogP) is 5.09. The molecule has 0 radical (unpaired) electrons. The van der Waals surface area contributed by atoms with Crippen LogP contribution in [0.1, 0.15) is 23.5 Å². The number of alkyl halides is 3. The van der Waals surface area contributed by atoms with E-state index in [1.54, 1.807) is 12.1 Å². The number of halogens is 3. The monoisotopic (exact) mass is 378 g/mol. The largest absolute Gasteiger partial charge is 0.416 e. The molecule has 2 aromatic carbocycles. The number of hydrogen-bond acceptors (Lipinski definition) is 3. The van der Waals surface area contributed by atoms with Gasteiger partial charge >= 0.3 is 6.18 Å². The smallest absolute Gasteiger partial charge is 0.370 e. The van der Waals surface area contributed by atoms with Crippen molar-refractivity contribution in [2.45, 2.75) is 34.3 Å². The number of hydrogen-bond donors (Lipinski definition) is 0. The van der Waals surface area contributed by atoms with E-state index in [1.165, 1.54) is 23.0 Å². The van der Waals surface area contributed by atoms with Crippen LogP contribution in [0.3, 0.4) is 0 Å². The van der Waals surface area contributed by atoms with Crippen LogP contribution in [0.15, 0.2) is 52.3 Å². The van der Waals surface area contributed by atoms with Crippen molar-refractivity contribution in [3.05, 3.63) is 53.6 Å². The second kappa shape index (κ2) is 6.50. The molecule has 0 unspecified atom stereocenters. The fourth-order valence-electron chi connectivity index (χ4n) is 4.17. The van der Waals surface area contributed by atoms with Crippen LogP contribution in [0.5, 0.6) is 0 Å². The highest BCUT2D eigenvalue weighted by molar-refractivity contribution is 7.99. The molecule has 2 atom stereocenters. The molecule has 0 bridgehead atoms. The van der Waals surface area contributed by atoms with Gasteiger partial charge in [-0.2, -0.15) is 13.2 Å². The van der Waals surface area contributed by atoms with Gasteiger partial charge in [-0.15, -0.1) is 0 Å². The fourth-order valence-corrected chi connectivity index (χ4v) is 5.21. The van der Waals surface area contributed by atoms with Gasteiger partial charge in [-0.1, -0.05) is 23.9 Å². The Hall–Kier alpha value is -1.66. The Balaban J connectivity index is 1.64. The molecule has 2 heterocycles. The Morgan fingerprint density at radius 2 is 1.77 bits per heavy atom. The zero-order valence-corrected chi connectivity index (χ0v) is 15.6. The zero-order chi connectivity index (χ0) is 18.5. The van der Waals surface area contributed by atoms with Gasteiger partial charge in [0.2, 0.25) is 0 Å². The molecule has 1 saturated heterocycles. The second-order valence-corrected chi connectivity index (χ2v) is 8.27. The van der Waals surface area contributed by atoms with E-state index in [-0.39, 0.29) is 0 Å². The Kier molecular flexibility index (Phi) is 4.43. The lowest BCUT2D eigenvalue weighted by Gasteiger charge is -2.35. The first-order valence-electron chi connectivity index (χ1n) is 8.74. The van der Waals surface area contributed by atoms with E-state index in [4.69, 9.17) is 0 Å². The van der Waals surface area contributed by atoms with Gasteiger partial charge in [0.1, 0.15) is 0 Å². The molecule has 26 heavy (non-hydrogen) atoms. The molecule has 4 rings (SSSR count). The summed E-state index contributed by atoms with van der Waals surface area (Å²) in [6.45, 7) is 2.15.